The monoisotopic (exact) mass is 354 g/mol. The van der Waals surface area contributed by atoms with Gasteiger partial charge in [0.2, 0.25) is 10.0 Å². The Morgan fingerprint density at radius 1 is 1.35 bits per heavy atom. The van der Waals surface area contributed by atoms with Crippen LogP contribution in [-0.2, 0) is 10.0 Å². The summed E-state index contributed by atoms with van der Waals surface area (Å²) >= 11 is 6.07. The van der Waals surface area contributed by atoms with Crippen molar-refractivity contribution in [2.45, 2.75) is 24.8 Å². The lowest BCUT2D eigenvalue weighted by atomic mass is 10.1. The molecule has 124 valence electrons. The van der Waals surface area contributed by atoms with Crippen LogP contribution in [0, 0.1) is 13.8 Å². The van der Waals surface area contributed by atoms with Crippen molar-refractivity contribution in [1.29, 1.82) is 0 Å². The predicted molar refractivity (Wildman–Crippen MR) is 89.0 cm³/mol. The molecule has 3 rings (SSSR count). The first-order valence-electron chi connectivity index (χ1n) is 7.41. The van der Waals surface area contributed by atoms with Crippen LogP contribution in [0.3, 0.4) is 0 Å². The minimum atomic E-state index is -3.63. The van der Waals surface area contributed by atoms with Crippen LogP contribution < -0.4 is 5.32 Å². The quantitative estimate of drug-likeness (QED) is 0.883. The van der Waals surface area contributed by atoms with Crippen molar-refractivity contribution in [2.75, 3.05) is 19.6 Å². The second-order valence-corrected chi connectivity index (χ2v) is 7.92. The zero-order chi connectivity index (χ0) is 16.6. The summed E-state index contributed by atoms with van der Waals surface area (Å²) in [5, 5.41) is 10.6. The number of aryl methyl sites for hydroxylation is 2. The summed E-state index contributed by atoms with van der Waals surface area (Å²) in [6.45, 7) is 5.00. The molecule has 1 fully saturated rings. The van der Waals surface area contributed by atoms with E-state index in [2.05, 4.69) is 15.5 Å². The first-order chi connectivity index (χ1) is 10.9. The van der Waals surface area contributed by atoms with Crippen LogP contribution >= 0.6 is 11.6 Å². The summed E-state index contributed by atoms with van der Waals surface area (Å²) in [5.41, 5.74) is 1.93. The van der Waals surface area contributed by atoms with Gasteiger partial charge in [-0.05, 0) is 31.5 Å². The van der Waals surface area contributed by atoms with Gasteiger partial charge in [0.1, 0.15) is 4.90 Å². The summed E-state index contributed by atoms with van der Waals surface area (Å²) < 4.78 is 27.9. The van der Waals surface area contributed by atoms with Crippen molar-refractivity contribution < 1.29 is 8.42 Å². The van der Waals surface area contributed by atoms with Crippen LogP contribution in [0.1, 0.15) is 23.0 Å². The highest BCUT2D eigenvalue weighted by Crippen LogP contribution is 2.31. The molecule has 1 unspecified atom stereocenters. The van der Waals surface area contributed by atoms with Gasteiger partial charge in [0.25, 0.3) is 0 Å². The average molecular weight is 355 g/mol. The van der Waals surface area contributed by atoms with Gasteiger partial charge < -0.3 is 5.32 Å². The third kappa shape index (κ3) is 3.01. The maximum Gasteiger partial charge on any atom is 0.247 e. The summed E-state index contributed by atoms with van der Waals surface area (Å²) in [4.78, 5) is 0.270. The summed E-state index contributed by atoms with van der Waals surface area (Å²) in [6, 6.07) is 7.05. The van der Waals surface area contributed by atoms with Gasteiger partial charge in [-0.3, -0.25) is 5.10 Å². The standard InChI is InChI=1S/C15H19ClN4O2S/c1-10-15(11(2)19-18-10)23(21,22)20-7-6-17-9-14(20)12-4-3-5-13(16)8-12/h3-5,8,14,17H,6-7,9H2,1-2H3,(H,18,19). The minimum Gasteiger partial charge on any atom is -0.313 e. The van der Waals surface area contributed by atoms with Crippen LogP contribution in [0.5, 0.6) is 0 Å². The lowest BCUT2D eigenvalue weighted by Gasteiger charge is -2.35. The molecular weight excluding hydrogens is 336 g/mol. The first kappa shape index (κ1) is 16.4. The normalized spacial score (nSPS) is 19.9. The van der Waals surface area contributed by atoms with Gasteiger partial charge in [0.05, 0.1) is 17.4 Å². The zero-order valence-corrected chi connectivity index (χ0v) is 14.6. The molecule has 0 bridgehead atoms. The molecule has 2 heterocycles. The zero-order valence-electron chi connectivity index (χ0n) is 13.0. The highest BCUT2D eigenvalue weighted by Gasteiger charge is 2.37. The van der Waals surface area contributed by atoms with Gasteiger partial charge in [-0.25, -0.2) is 8.42 Å². The number of piperazine rings is 1. The topological polar surface area (TPSA) is 78.1 Å². The van der Waals surface area contributed by atoms with E-state index >= 15 is 0 Å². The smallest absolute Gasteiger partial charge is 0.247 e. The first-order valence-corrected chi connectivity index (χ1v) is 9.22. The van der Waals surface area contributed by atoms with E-state index in [1.165, 1.54) is 0 Å². The van der Waals surface area contributed by atoms with Crippen molar-refractivity contribution in [3.05, 3.63) is 46.2 Å². The van der Waals surface area contributed by atoms with Gasteiger partial charge in [0.15, 0.2) is 0 Å². The fourth-order valence-corrected chi connectivity index (χ4v) is 5.16. The number of hydrogen-bond acceptors (Lipinski definition) is 4. The average Bonchev–Trinajstić information content (AvgIpc) is 2.87. The molecular formula is C15H19ClN4O2S. The Hall–Kier alpha value is -1.41. The van der Waals surface area contributed by atoms with Crippen molar-refractivity contribution in [3.8, 4) is 0 Å². The highest BCUT2D eigenvalue weighted by atomic mass is 35.5. The molecule has 1 aliphatic heterocycles. The molecule has 23 heavy (non-hydrogen) atoms. The minimum absolute atomic E-state index is 0.270. The molecule has 1 aliphatic rings. The Bertz CT molecular complexity index is 799. The van der Waals surface area contributed by atoms with Gasteiger partial charge in [-0.1, -0.05) is 23.7 Å². The van der Waals surface area contributed by atoms with Crippen LogP contribution in [0.4, 0.5) is 0 Å². The predicted octanol–water partition coefficient (Wildman–Crippen LogP) is 2.02. The Kier molecular flexibility index (Phi) is 4.46. The number of nitrogens with one attached hydrogen (secondary N) is 2. The summed E-state index contributed by atoms with van der Waals surface area (Å²) in [6.07, 6.45) is 0. The van der Waals surface area contributed by atoms with Gasteiger partial charge >= 0.3 is 0 Å². The SMILES string of the molecule is Cc1n[nH]c(C)c1S(=O)(=O)N1CCNCC1c1cccc(Cl)c1. The van der Waals surface area contributed by atoms with Crippen LogP contribution in [0.15, 0.2) is 29.2 Å². The number of aromatic nitrogens is 2. The molecule has 0 saturated carbocycles. The number of H-pyrrole nitrogens is 1. The Labute approximate surface area is 140 Å². The Morgan fingerprint density at radius 2 is 2.13 bits per heavy atom. The lowest BCUT2D eigenvalue weighted by molar-refractivity contribution is 0.271. The molecule has 1 saturated heterocycles. The number of nitrogens with zero attached hydrogens (tertiary/aromatic N) is 2. The van der Waals surface area contributed by atoms with E-state index in [0.717, 1.165) is 5.56 Å². The molecule has 1 aromatic heterocycles. The number of benzene rings is 1. The van der Waals surface area contributed by atoms with E-state index in [4.69, 9.17) is 11.6 Å². The van der Waals surface area contributed by atoms with Crippen LogP contribution in [0.2, 0.25) is 5.02 Å². The van der Waals surface area contributed by atoms with E-state index in [1.807, 2.05) is 18.2 Å². The lowest BCUT2D eigenvalue weighted by Crippen LogP contribution is -2.48. The summed E-state index contributed by atoms with van der Waals surface area (Å²) in [7, 11) is -3.63. The van der Waals surface area contributed by atoms with Crippen molar-refractivity contribution in [3.63, 3.8) is 0 Å². The van der Waals surface area contributed by atoms with E-state index in [1.54, 1.807) is 24.2 Å². The molecule has 8 heteroatoms. The molecule has 1 atom stereocenters. The fraction of sp³-hybridized carbons (Fsp3) is 0.400. The Balaban J connectivity index is 2.05. The van der Waals surface area contributed by atoms with E-state index in [-0.39, 0.29) is 10.9 Å². The second kappa shape index (κ2) is 6.24. The number of rotatable bonds is 3. The van der Waals surface area contributed by atoms with Gasteiger partial charge in [0, 0.05) is 24.7 Å². The van der Waals surface area contributed by atoms with Crippen LogP contribution in [-0.4, -0.2) is 42.6 Å². The molecule has 0 radical (unpaired) electrons. The molecule has 1 aromatic carbocycles. The number of halogens is 1. The largest absolute Gasteiger partial charge is 0.313 e. The molecule has 0 spiro atoms. The fourth-order valence-electron chi connectivity index (χ4n) is 3.01. The van der Waals surface area contributed by atoms with Crippen molar-refractivity contribution in [2.24, 2.45) is 0 Å². The molecule has 6 nitrogen and oxygen atoms in total. The Morgan fingerprint density at radius 3 is 2.78 bits per heavy atom. The number of hydrogen-bond donors (Lipinski definition) is 2. The third-order valence-electron chi connectivity index (χ3n) is 4.05. The molecule has 0 aliphatic carbocycles. The van der Waals surface area contributed by atoms with E-state index in [9.17, 15) is 8.42 Å². The maximum absolute atomic E-state index is 13.2. The third-order valence-corrected chi connectivity index (χ3v) is 6.46. The second-order valence-electron chi connectivity index (χ2n) is 5.65. The number of sulfonamides is 1. The highest BCUT2D eigenvalue weighted by molar-refractivity contribution is 7.89. The van der Waals surface area contributed by atoms with Crippen molar-refractivity contribution in [1.82, 2.24) is 19.8 Å². The van der Waals surface area contributed by atoms with Crippen molar-refractivity contribution >= 4 is 21.6 Å². The van der Waals surface area contributed by atoms with Gasteiger partial charge in [-0.2, -0.15) is 9.40 Å². The molecule has 0 amide bonds. The number of aromatic amines is 1. The van der Waals surface area contributed by atoms with Gasteiger partial charge in [-0.15, -0.1) is 0 Å². The van der Waals surface area contributed by atoms with E-state index < -0.39 is 10.0 Å². The molecule has 2 aromatic rings. The summed E-state index contributed by atoms with van der Waals surface area (Å²) in [5.74, 6) is 0. The molecule has 2 N–H and O–H groups in total. The van der Waals surface area contributed by atoms with E-state index in [0.29, 0.717) is 36.0 Å². The van der Waals surface area contributed by atoms with Crippen LogP contribution in [0.25, 0.3) is 0 Å². The maximum atomic E-state index is 13.2.